The molecule has 6 heteroatoms. The van der Waals surface area contributed by atoms with Crippen LogP contribution in [0.4, 0.5) is 17.6 Å². The number of nitrogens with one attached hydrogen (secondary N) is 1. The quantitative estimate of drug-likeness (QED) is 0.662. The van der Waals surface area contributed by atoms with E-state index in [1.54, 1.807) is 0 Å². The lowest BCUT2D eigenvalue weighted by atomic mass is 9.98. The lowest BCUT2D eigenvalue weighted by Gasteiger charge is -2.18. The van der Waals surface area contributed by atoms with Crippen molar-refractivity contribution in [3.8, 4) is 0 Å². The van der Waals surface area contributed by atoms with E-state index in [1.807, 2.05) is 0 Å². The first-order valence-electron chi connectivity index (χ1n) is 5.70. The SMILES string of the molecule is CNC(c1ccc(Cl)c(F)c1)c1cc(F)c(F)cc1F. The van der Waals surface area contributed by atoms with Crippen LogP contribution in [0.5, 0.6) is 0 Å². The highest BCUT2D eigenvalue weighted by Crippen LogP contribution is 2.28. The highest BCUT2D eigenvalue weighted by molar-refractivity contribution is 6.30. The van der Waals surface area contributed by atoms with Crippen LogP contribution in [0.1, 0.15) is 17.2 Å². The van der Waals surface area contributed by atoms with Crippen LogP contribution in [0.2, 0.25) is 5.02 Å². The smallest absolute Gasteiger partial charge is 0.161 e. The Labute approximate surface area is 118 Å². The zero-order chi connectivity index (χ0) is 14.9. The summed E-state index contributed by atoms with van der Waals surface area (Å²) in [6.45, 7) is 0. The van der Waals surface area contributed by atoms with Gasteiger partial charge < -0.3 is 5.32 Å². The normalized spacial score (nSPS) is 12.5. The maximum absolute atomic E-state index is 13.8. The Balaban J connectivity index is 2.52. The van der Waals surface area contributed by atoms with Crippen molar-refractivity contribution in [1.29, 1.82) is 0 Å². The molecule has 0 aliphatic rings. The standard InChI is InChI=1S/C14H10ClF4N/c1-20-14(7-2-3-9(15)11(17)4-7)8-5-12(18)13(19)6-10(8)16/h2-6,14,20H,1H3. The van der Waals surface area contributed by atoms with E-state index in [4.69, 9.17) is 11.6 Å². The van der Waals surface area contributed by atoms with Crippen molar-refractivity contribution in [2.75, 3.05) is 7.05 Å². The maximum atomic E-state index is 13.8. The second-order valence-corrected chi connectivity index (χ2v) is 4.59. The molecule has 0 aliphatic heterocycles. The minimum Gasteiger partial charge on any atom is -0.309 e. The predicted molar refractivity (Wildman–Crippen MR) is 68.6 cm³/mol. The van der Waals surface area contributed by atoms with Crippen LogP contribution in [-0.2, 0) is 0 Å². The van der Waals surface area contributed by atoms with Gasteiger partial charge in [-0.05, 0) is 30.8 Å². The van der Waals surface area contributed by atoms with Gasteiger partial charge in [-0.2, -0.15) is 0 Å². The van der Waals surface area contributed by atoms with Gasteiger partial charge in [-0.1, -0.05) is 17.7 Å². The number of halogens is 5. The van der Waals surface area contributed by atoms with Crippen molar-refractivity contribution < 1.29 is 17.6 Å². The Hall–Kier alpha value is -1.59. The van der Waals surface area contributed by atoms with Gasteiger partial charge in [0.15, 0.2) is 11.6 Å². The fourth-order valence-corrected chi connectivity index (χ4v) is 2.07. The van der Waals surface area contributed by atoms with Crippen LogP contribution in [0.15, 0.2) is 30.3 Å². The molecule has 106 valence electrons. The molecule has 0 fully saturated rings. The predicted octanol–water partition coefficient (Wildman–Crippen LogP) is 4.21. The van der Waals surface area contributed by atoms with Crippen LogP contribution in [0, 0.1) is 23.3 Å². The van der Waals surface area contributed by atoms with Crippen LogP contribution >= 0.6 is 11.6 Å². The third kappa shape index (κ3) is 2.78. The van der Waals surface area contributed by atoms with Crippen LogP contribution in [0.25, 0.3) is 0 Å². The molecule has 0 radical (unpaired) electrons. The average Bonchev–Trinajstić information content (AvgIpc) is 2.40. The summed E-state index contributed by atoms with van der Waals surface area (Å²) >= 11 is 5.57. The van der Waals surface area contributed by atoms with Crippen LogP contribution in [0.3, 0.4) is 0 Å². The maximum Gasteiger partial charge on any atom is 0.161 e. The Morgan fingerprint density at radius 3 is 2.15 bits per heavy atom. The van der Waals surface area contributed by atoms with Crippen molar-refractivity contribution in [2.24, 2.45) is 0 Å². The molecule has 20 heavy (non-hydrogen) atoms. The van der Waals surface area contributed by atoms with E-state index in [2.05, 4.69) is 5.32 Å². The minimum absolute atomic E-state index is 0.0747. The summed E-state index contributed by atoms with van der Waals surface area (Å²) in [5, 5.41) is 2.66. The Kier molecular flexibility index (Phi) is 4.30. The Morgan fingerprint density at radius 1 is 0.900 bits per heavy atom. The van der Waals surface area contributed by atoms with E-state index in [-0.39, 0.29) is 10.6 Å². The van der Waals surface area contributed by atoms with Crippen molar-refractivity contribution in [3.05, 3.63) is 69.8 Å². The van der Waals surface area contributed by atoms with E-state index in [0.717, 1.165) is 12.1 Å². The largest absolute Gasteiger partial charge is 0.309 e. The second kappa shape index (κ2) is 5.81. The van der Waals surface area contributed by atoms with Crippen LogP contribution in [-0.4, -0.2) is 7.05 Å². The fourth-order valence-electron chi connectivity index (χ4n) is 1.95. The van der Waals surface area contributed by atoms with Gasteiger partial charge in [-0.15, -0.1) is 0 Å². The van der Waals surface area contributed by atoms with Gasteiger partial charge in [0.2, 0.25) is 0 Å². The Morgan fingerprint density at radius 2 is 1.55 bits per heavy atom. The van der Waals surface area contributed by atoms with Gasteiger partial charge in [-0.25, -0.2) is 17.6 Å². The molecule has 2 rings (SSSR count). The zero-order valence-electron chi connectivity index (χ0n) is 10.4. The third-order valence-electron chi connectivity index (χ3n) is 2.92. The first-order chi connectivity index (χ1) is 9.43. The molecule has 0 aromatic heterocycles. The highest BCUT2D eigenvalue weighted by Gasteiger charge is 2.20. The van der Waals surface area contributed by atoms with Gasteiger partial charge in [0.25, 0.3) is 0 Å². The summed E-state index contributed by atoms with van der Waals surface area (Å²) in [4.78, 5) is 0. The second-order valence-electron chi connectivity index (χ2n) is 4.18. The van der Waals surface area contributed by atoms with Gasteiger partial charge in [0, 0.05) is 11.6 Å². The lowest BCUT2D eigenvalue weighted by molar-refractivity contribution is 0.483. The first kappa shape index (κ1) is 14.8. The molecular weight excluding hydrogens is 294 g/mol. The topological polar surface area (TPSA) is 12.0 Å². The summed E-state index contributed by atoms with van der Waals surface area (Å²) in [5.74, 6) is -4.04. The molecule has 1 N–H and O–H groups in total. The monoisotopic (exact) mass is 303 g/mol. The van der Waals surface area contributed by atoms with Crippen molar-refractivity contribution in [1.82, 2.24) is 5.32 Å². The highest BCUT2D eigenvalue weighted by atomic mass is 35.5. The van der Waals surface area contributed by atoms with E-state index in [1.165, 1.54) is 19.2 Å². The van der Waals surface area contributed by atoms with Gasteiger partial charge in [0.05, 0.1) is 11.1 Å². The molecule has 1 unspecified atom stereocenters. The first-order valence-corrected chi connectivity index (χ1v) is 6.08. The summed E-state index contributed by atoms with van der Waals surface area (Å²) < 4.78 is 53.4. The fraction of sp³-hybridized carbons (Fsp3) is 0.143. The molecule has 1 atom stereocenters. The van der Waals surface area contributed by atoms with E-state index in [0.29, 0.717) is 11.6 Å². The molecule has 2 aromatic rings. The number of hydrogen-bond acceptors (Lipinski definition) is 1. The number of rotatable bonds is 3. The van der Waals surface area contributed by atoms with E-state index in [9.17, 15) is 17.6 Å². The molecule has 0 amide bonds. The molecule has 1 nitrogen and oxygen atoms in total. The van der Waals surface area contributed by atoms with E-state index >= 15 is 0 Å². The molecule has 2 aromatic carbocycles. The molecule has 0 heterocycles. The summed E-state index contributed by atoms with van der Waals surface area (Å²) in [6.07, 6.45) is 0. The van der Waals surface area contributed by atoms with Crippen LogP contribution < -0.4 is 5.32 Å². The number of hydrogen-bond donors (Lipinski definition) is 1. The molecule has 0 saturated heterocycles. The molecule has 0 saturated carbocycles. The zero-order valence-corrected chi connectivity index (χ0v) is 11.1. The summed E-state index contributed by atoms with van der Waals surface area (Å²) in [7, 11) is 1.50. The Bertz CT molecular complexity index is 645. The lowest BCUT2D eigenvalue weighted by Crippen LogP contribution is -2.19. The van der Waals surface area contributed by atoms with Crippen molar-refractivity contribution in [3.63, 3.8) is 0 Å². The minimum atomic E-state index is -1.27. The molecule has 0 bridgehead atoms. The van der Waals surface area contributed by atoms with Gasteiger partial charge >= 0.3 is 0 Å². The summed E-state index contributed by atoms with van der Waals surface area (Å²) in [6, 6.07) is 4.29. The van der Waals surface area contributed by atoms with Crippen molar-refractivity contribution >= 4 is 11.6 Å². The molecular formula is C14H10ClF4N. The van der Waals surface area contributed by atoms with Gasteiger partial charge in [0.1, 0.15) is 11.6 Å². The van der Waals surface area contributed by atoms with E-state index < -0.39 is 29.3 Å². The average molecular weight is 304 g/mol. The molecule has 0 spiro atoms. The van der Waals surface area contributed by atoms with Crippen molar-refractivity contribution in [2.45, 2.75) is 6.04 Å². The molecule has 0 aliphatic carbocycles. The third-order valence-corrected chi connectivity index (χ3v) is 3.22. The van der Waals surface area contributed by atoms with Gasteiger partial charge in [-0.3, -0.25) is 0 Å². The number of benzene rings is 2. The summed E-state index contributed by atoms with van der Waals surface area (Å²) in [5.41, 5.74) is 0.229.